The van der Waals surface area contributed by atoms with Gasteiger partial charge in [-0.2, -0.15) is 0 Å². The quantitative estimate of drug-likeness (QED) is 0.843. The predicted molar refractivity (Wildman–Crippen MR) is 91.9 cm³/mol. The molecule has 0 radical (unpaired) electrons. The van der Waals surface area contributed by atoms with E-state index in [-0.39, 0.29) is 0 Å². The van der Waals surface area contributed by atoms with Gasteiger partial charge in [-0.15, -0.1) is 0 Å². The van der Waals surface area contributed by atoms with Gasteiger partial charge in [0.2, 0.25) is 0 Å². The molecule has 22 heavy (non-hydrogen) atoms. The standard InChI is InChI=1S/C19H24N2O/c1-20-17-4-3-5-18(20)13-21(12-17)16-8-6-14-7-9-19(22-2)11-15(14)10-16/h6-11,17-18H,3-5,12-13H2,1-2H3. The molecule has 116 valence electrons. The number of ether oxygens (including phenoxy) is 1. The summed E-state index contributed by atoms with van der Waals surface area (Å²) in [4.78, 5) is 5.18. The topological polar surface area (TPSA) is 15.7 Å². The molecule has 2 bridgehead atoms. The number of hydrogen-bond acceptors (Lipinski definition) is 3. The normalized spacial score (nSPS) is 25.5. The van der Waals surface area contributed by atoms with Crippen LogP contribution in [0.2, 0.25) is 0 Å². The molecule has 0 aliphatic carbocycles. The molecule has 0 aromatic heterocycles. The lowest BCUT2D eigenvalue weighted by Crippen LogP contribution is -2.59. The highest BCUT2D eigenvalue weighted by atomic mass is 16.5. The maximum Gasteiger partial charge on any atom is 0.119 e. The minimum Gasteiger partial charge on any atom is -0.497 e. The molecule has 0 amide bonds. The van der Waals surface area contributed by atoms with E-state index in [1.54, 1.807) is 7.11 Å². The van der Waals surface area contributed by atoms with E-state index in [2.05, 4.69) is 47.2 Å². The van der Waals surface area contributed by atoms with Gasteiger partial charge in [0.25, 0.3) is 0 Å². The van der Waals surface area contributed by atoms with Crippen LogP contribution in [-0.2, 0) is 0 Å². The van der Waals surface area contributed by atoms with Crippen LogP contribution in [0.15, 0.2) is 36.4 Å². The van der Waals surface area contributed by atoms with Gasteiger partial charge in [0.05, 0.1) is 7.11 Å². The Morgan fingerprint density at radius 1 is 0.955 bits per heavy atom. The Labute approximate surface area is 132 Å². The van der Waals surface area contributed by atoms with Crippen LogP contribution >= 0.6 is 0 Å². The molecule has 0 spiro atoms. The van der Waals surface area contributed by atoms with Crippen LogP contribution in [0.5, 0.6) is 5.75 Å². The van der Waals surface area contributed by atoms with Crippen LogP contribution < -0.4 is 9.64 Å². The summed E-state index contributed by atoms with van der Waals surface area (Å²) in [5, 5.41) is 2.54. The number of benzene rings is 2. The molecule has 2 aromatic carbocycles. The lowest BCUT2D eigenvalue weighted by atomic mass is 9.91. The van der Waals surface area contributed by atoms with Crippen molar-refractivity contribution in [3.8, 4) is 5.75 Å². The van der Waals surface area contributed by atoms with Gasteiger partial charge >= 0.3 is 0 Å². The summed E-state index contributed by atoms with van der Waals surface area (Å²) < 4.78 is 5.36. The summed E-state index contributed by atoms with van der Waals surface area (Å²) in [6.07, 6.45) is 4.07. The number of hydrogen-bond donors (Lipinski definition) is 0. The van der Waals surface area contributed by atoms with Gasteiger partial charge in [-0.3, -0.25) is 4.90 Å². The summed E-state index contributed by atoms with van der Waals surface area (Å²) in [6.45, 7) is 2.31. The van der Waals surface area contributed by atoms with E-state index in [0.29, 0.717) is 12.1 Å². The van der Waals surface area contributed by atoms with Crippen molar-refractivity contribution in [2.75, 3.05) is 32.1 Å². The molecule has 2 saturated heterocycles. The SMILES string of the molecule is COc1ccc2ccc(N3CC4CCCC(C3)N4C)cc2c1. The number of likely N-dealkylation sites (N-methyl/N-ethyl adjacent to an activating group) is 1. The van der Waals surface area contributed by atoms with Crippen LogP contribution in [0.4, 0.5) is 5.69 Å². The molecule has 0 N–H and O–H groups in total. The van der Waals surface area contributed by atoms with E-state index < -0.39 is 0 Å². The number of nitrogens with zero attached hydrogens (tertiary/aromatic N) is 2. The highest BCUT2D eigenvalue weighted by molar-refractivity contribution is 5.87. The lowest BCUT2D eigenvalue weighted by molar-refractivity contribution is 0.0951. The van der Waals surface area contributed by atoms with E-state index in [1.807, 2.05) is 6.07 Å². The summed E-state index contributed by atoms with van der Waals surface area (Å²) in [6, 6.07) is 14.6. The van der Waals surface area contributed by atoms with Gasteiger partial charge in [0, 0.05) is 30.9 Å². The minimum atomic E-state index is 0.716. The van der Waals surface area contributed by atoms with Crippen molar-refractivity contribution in [1.29, 1.82) is 0 Å². The first kappa shape index (κ1) is 13.9. The Bertz CT molecular complexity index is 670. The van der Waals surface area contributed by atoms with Crippen LogP contribution in [0.25, 0.3) is 10.8 Å². The number of fused-ring (bicyclic) bond motifs is 3. The zero-order valence-corrected chi connectivity index (χ0v) is 13.5. The third kappa shape index (κ3) is 2.34. The number of piperazine rings is 1. The van der Waals surface area contributed by atoms with Crippen molar-refractivity contribution < 1.29 is 4.74 Å². The molecule has 2 aromatic rings. The monoisotopic (exact) mass is 296 g/mol. The van der Waals surface area contributed by atoms with Gasteiger partial charge < -0.3 is 9.64 Å². The molecule has 2 unspecified atom stereocenters. The van der Waals surface area contributed by atoms with Crippen molar-refractivity contribution in [3.05, 3.63) is 36.4 Å². The number of rotatable bonds is 2. The fourth-order valence-electron chi connectivity index (χ4n) is 4.06. The Hall–Kier alpha value is -1.74. The van der Waals surface area contributed by atoms with Gasteiger partial charge in [0.1, 0.15) is 5.75 Å². The van der Waals surface area contributed by atoms with E-state index >= 15 is 0 Å². The van der Waals surface area contributed by atoms with E-state index in [0.717, 1.165) is 18.8 Å². The molecule has 3 heteroatoms. The van der Waals surface area contributed by atoms with Crippen LogP contribution in [0.3, 0.4) is 0 Å². The second kappa shape index (κ2) is 5.47. The number of piperidine rings is 1. The largest absolute Gasteiger partial charge is 0.497 e. The third-order valence-corrected chi connectivity index (χ3v) is 5.49. The summed E-state index contributed by atoms with van der Waals surface area (Å²) in [7, 11) is 4.03. The molecule has 2 atom stereocenters. The zero-order chi connectivity index (χ0) is 15.1. The molecular formula is C19H24N2O. The van der Waals surface area contributed by atoms with Gasteiger partial charge in [-0.25, -0.2) is 0 Å². The maximum absolute atomic E-state index is 5.36. The van der Waals surface area contributed by atoms with E-state index in [4.69, 9.17) is 4.74 Å². The van der Waals surface area contributed by atoms with Crippen LogP contribution in [0, 0.1) is 0 Å². The van der Waals surface area contributed by atoms with Crippen molar-refractivity contribution in [2.45, 2.75) is 31.3 Å². The van der Waals surface area contributed by atoms with Crippen molar-refractivity contribution in [2.24, 2.45) is 0 Å². The van der Waals surface area contributed by atoms with E-state index in [9.17, 15) is 0 Å². The van der Waals surface area contributed by atoms with Crippen molar-refractivity contribution in [1.82, 2.24) is 4.90 Å². The Morgan fingerprint density at radius 2 is 1.68 bits per heavy atom. The summed E-state index contributed by atoms with van der Waals surface area (Å²) in [5.41, 5.74) is 1.35. The second-order valence-electron chi connectivity index (χ2n) is 6.71. The van der Waals surface area contributed by atoms with Crippen LogP contribution in [-0.4, -0.2) is 44.2 Å². The highest BCUT2D eigenvalue weighted by Gasteiger charge is 2.34. The molecule has 2 aliphatic rings. The Morgan fingerprint density at radius 3 is 2.41 bits per heavy atom. The lowest BCUT2D eigenvalue weighted by Gasteiger charge is -2.49. The average Bonchev–Trinajstić information content (AvgIpc) is 2.53. The highest BCUT2D eigenvalue weighted by Crippen LogP contribution is 2.32. The third-order valence-electron chi connectivity index (χ3n) is 5.49. The first-order valence-corrected chi connectivity index (χ1v) is 8.29. The summed E-state index contributed by atoms with van der Waals surface area (Å²) >= 11 is 0. The van der Waals surface area contributed by atoms with Crippen LogP contribution in [0.1, 0.15) is 19.3 Å². The molecule has 0 saturated carbocycles. The fourth-order valence-corrected chi connectivity index (χ4v) is 4.06. The molecule has 4 rings (SSSR count). The minimum absolute atomic E-state index is 0.716. The summed E-state index contributed by atoms with van der Waals surface area (Å²) in [5.74, 6) is 0.930. The predicted octanol–water partition coefficient (Wildman–Crippen LogP) is 3.52. The zero-order valence-electron chi connectivity index (χ0n) is 13.5. The second-order valence-corrected chi connectivity index (χ2v) is 6.71. The number of anilines is 1. The first-order chi connectivity index (χ1) is 10.7. The first-order valence-electron chi connectivity index (χ1n) is 8.29. The van der Waals surface area contributed by atoms with E-state index in [1.165, 1.54) is 35.7 Å². The number of methoxy groups -OCH3 is 1. The van der Waals surface area contributed by atoms with Crippen molar-refractivity contribution in [3.63, 3.8) is 0 Å². The van der Waals surface area contributed by atoms with Gasteiger partial charge in [-0.1, -0.05) is 18.6 Å². The molecule has 3 nitrogen and oxygen atoms in total. The molecular weight excluding hydrogens is 272 g/mol. The Kier molecular flexibility index (Phi) is 3.45. The molecule has 2 fully saturated rings. The van der Waals surface area contributed by atoms with Gasteiger partial charge in [0.15, 0.2) is 0 Å². The van der Waals surface area contributed by atoms with Crippen molar-refractivity contribution >= 4 is 16.5 Å². The molecule has 2 aliphatic heterocycles. The average molecular weight is 296 g/mol. The molecule has 2 heterocycles. The fraction of sp³-hybridized carbons (Fsp3) is 0.474. The maximum atomic E-state index is 5.36. The smallest absolute Gasteiger partial charge is 0.119 e. The van der Waals surface area contributed by atoms with Gasteiger partial charge in [-0.05, 0) is 54.9 Å². The Balaban J connectivity index is 1.66.